The Labute approximate surface area is 210 Å². The predicted octanol–water partition coefficient (Wildman–Crippen LogP) is 1.80. The van der Waals surface area contributed by atoms with Crippen LogP contribution in [0.2, 0.25) is 0 Å². The lowest BCUT2D eigenvalue weighted by Crippen LogP contribution is -2.44. The average Bonchev–Trinajstić information content (AvgIpc) is 3.03. The molecule has 1 aliphatic rings. The maximum atomic E-state index is 15.4. The van der Waals surface area contributed by atoms with Gasteiger partial charge < -0.3 is 19.1 Å². The van der Waals surface area contributed by atoms with Crippen molar-refractivity contribution in [3.05, 3.63) is 63.2 Å². The normalized spacial score (nSPS) is 26.0. The van der Waals surface area contributed by atoms with Crippen LogP contribution in [0.5, 0.6) is 5.75 Å². The van der Waals surface area contributed by atoms with Crippen molar-refractivity contribution in [3.8, 4) is 5.75 Å². The largest absolute Gasteiger partial charge is 0.462 e. The first-order chi connectivity index (χ1) is 17.2. The first-order valence-corrected chi connectivity index (χ1v) is 12.8. The fourth-order valence-corrected chi connectivity index (χ4v) is 4.99. The van der Waals surface area contributed by atoms with E-state index >= 15 is 4.39 Å². The fraction of sp³-hybridized carbons (Fsp3) is 0.500. The van der Waals surface area contributed by atoms with E-state index in [1.807, 2.05) is 0 Å². The molecule has 0 saturated carbocycles. The maximum Gasteiger partial charge on any atom is 0.459 e. The number of alkyl halides is 1. The number of hydrogen-bond donors (Lipinski definition) is 3. The summed E-state index contributed by atoms with van der Waals surface area (Å²) in [7, 11) is -4.37. The van der Waals surface area contributed by atoms with Crippen LogP contribution in [0.25, 0.3) is 0 Å². The predicted molar refractivity (Wildman–Crippen MR) is 125 cm³/mol. The van der Waals surface area contributed by atoms with E-state index in [1.165, 1.54) is 19.1 Å². The number of aromatic amines is 1. The fourth-order valence-electron chi connectivity index (χ4n) is 3.49. The lowest BCUT2D eigenvalue weighted by molar-refractivity contribution is -0.149. The maximum absolute atomic E-state index is 15.4. The lowest BCUT2D eigenvalue weighted by atomic mass is 9.98. The zero-order valence-electron chi connectivity index (χ0n) is 20.4. The number of carbonyl (C=O) groups excluding carboxylic acids is 1. The van der Waals surface area contributed by atoms with Gasteiger partial charge in [0.15, 0.2) is 11.9 Å². The Kier molecular flexibility index (Phi) is 8.70. The van der Waals surface area contributed by atoms with Gasteiger partial charge in [-0.2, -0.15) is 9.48 Å². The van der Waals surface area contributed by atoms with E-state index in [0.717, 1.165) is 6.92 Å². The van der Waals surface area contributed by atoms with Gasteiger partial charge in [-0.1, -0.05) is 18.2 Å². The number of H-pyrrole nitrogens is 1. The van der Waals surface area contributed by atoms with E-state index in [0.29, 0.717) is 10.8 Å². The highest BCUT2D eigenvalue weighted by atomic mass is 31.2. The second-order valence-corrected chi connectivity index (χ2v) is 10.5. The molecule has 37 heavy (non-hydrogen) atoms. The quantitative estimate of drug-likeness (QED) is 0.296. The van der Waals surface area contributed by atoms with Crippen LogP contribution < -0.4 is 20.9 Å². The Morgan fingerprint density at radius 2 is 1.95 bits per heavy atom. The highest BCUT2D eigenvalue weighted by Gasteiger charge is 2.56. The van der Waals surface area contributed by atoms with Crippen LogP contribution in [0.1, 0.15) is 33.9 Å². The number of halogens is 2. The number of esters is 1. The number of benzene rings is 1. The third kappa shape index (κ3) is 6.70. The topological polar surface area (TPSA) is 158 Å². The Balaban J connectivity index is 1.82. The molecule has 1 aromatic carbocycles. The van der Waals surface area contributed by atoms with Crippen molar-refractivity contribution >= 4 is 13.7 Å². The number of nitrogens with zero attached hydrogens (tertiary/aromatic N) is 1. The van der Waals surface area contributed by atoms with E-state index < -0.39 is 73.6 Å². The molecule has 0 spiro atoms. The van der Waals surface area contributed by atoms with Gasteiger partial charge in [0.05, 0.1) is 18.9 Å². The van der Waals surface area contributed by atoms with Crippen LogP contribution in [-0.4, -0.2) is 57.3 Å². The van der Waals surface area contributed by atoms with Gasteiger partial charge in [-0.15, -0.1) is 0 Å². The number of hydrogen-bond acceptors (Lipinski definition) is 9. The first kappa shape index (κ1) is 28.7. The first-order valence-electron chi connectivity index (χ1n) is 11.2. The van der Waals surface area contributed by atoms with Crippen LogP contribution >= 0.6 is 7.75 Å². The van der Waals surface area contributed by atoms with Crippen molar-refractivity contribution < 1.29 is 41.8 Å². The van der Waals surface area contributed by atoms with Crippen molar-refractivity contribution in [2.24, 2.45) is 0 Å². The Bertz CT molecular complexity index is 1270. The van der Waals surface area contributed by atoms with Crippen LogP contribution in [0.3, 0.4) is 0 Å². The SMILES string of the molecule is CC(C)OC(=O)[C@H](C)NP(=O)(OC[C@H]1O[C@@H](n2cc(F)c(=O)[nH]c2=O)[C@](C)(F)[C@@H]1O)Oc1ccccc1. The summed E-state index contributed by atoms with van der Waals surface area (Å²) in [6, 6.07) is 6.66. The Hall–Kier alpha value is -2.90. The van der Waals surface area contributed by atoms with Gasteiger partial charge in [0.25, 0.3) is 5.56 Å². The summed E-state index contributed by atoms with van der Waals surface area (Å²) in [5, 5.41) is 13.0. The van der Waals surface area contributed by atoms with Gasteiger partial charge in [-0.05, 0) is 39.8 Å². The van der Waals surface area contributed by atoms with E-state index in [4.69, 9.17) is 18.5 Å². The van der Waals surface area contributed by atoms with Gasteiger partial charge in [0.2, 0.25) is 5.82 Å². The van der Waals surface area contributed by atoms with Crippen LogP contribution in [0.15, 0.2) is 46.1 Å². The van der Waals surface area contributed by atoms with Crippen molar-refractivity contribution in [2.45, 2.75) is 63.9 Å². The number of carbonyl (C=O) groups is 1. The number of para-hydroxylation sites is 1. The second-order valence-electron chi connectivity index (χ2n) is 8.80. The van der Waals surface area contributed by atoms with Crippen LogP contribution in [-0.2, 0) is 23.4 Å². The molecule has 1 unspecified atom stereocenters. The zero-order chi connectivity index (χ0) is 27.5. The molecule has 15 heteroatoms. The highest BCUT2D eigenvalue weighted by Crippen LogP contribution is 2.47. The minimum absolute atomic E-state index is 0.110. The minimum atomic E-state index is -4.37. The van der Waals surface area contributed by atoms with E-state index in [2.05, 4.69) is 5.09 Å². The standard InChI is InChI=1S/C22H28F2N3O9P/c1-12(2)34-19(30)13(3)26-37(32,36-14-8-6-5-7-9-14)33-11-16-17(28)22(4,24)20(35-16)27-10-15(23)18(29)25-21(27)31/h5-10,12-13,16-17,20,28H,11H2,1-4H3,(H,26,32)(H,25,29,31)/t13-,16+,17+,20+,22+,37?/m0/s1. The molecule has 0 aliphatic carbocycles. The molecule has 1 saturated heterocycles. The lowest BCUT2D eigenvalue weighted by Gasteiger charge is -2.25. The molecule has 204 valence electrons. The third-order valence-electron chi connectivity index (χ3n) is 5.33. The van der Waals surface area contributed by atoms with Gasteiger partial charge >= 0.3 is 19.4 Å². The molecule has 3 N–H and O–H groups in total. The highest BCUT2D eigenvalue weighted by molar-refractivity contribution is 7.52. The van der Waals surface area contributed by atoms with Crippen LogP contribution in [0.4, 0.5) is 8.78 Å². The monoisotopic (exact) mass is 547 g/mol. The molecule has 2 aromatic rings. The van der Waals surface area contributed by atoms with E-state index in [1.54, 1.807) is 37.0 Å². The summed E-state index contributed by atoms with van der Waals surface area (Å²) in [6.45, 7) is 4.79. The molecule has 1 fully saturated rings. The molecule has 0 bridgehead atoms. The number of ether oxygens (including phenoxy) is 2. The number of nitrogens with one attached hydrogen (secondary N) is 2. The van der Waals surface area contributed by atoms with Gasteiger partial charge in [-0.3, -0.25) is 23.7 Å². The van der Waals surface area contributed by atoms with E-state index in [-0.39, 0.29) is 5.75 Å². The summed E-state index contributed by atoms with van der Waals surface area (Å²) in [5.41, 5.74) is -5.14. The van der Waals surface area contributed by atoms with Gasteiger partial charge in [0.1, 0.15) is 24.0 Å². The molecule has 0 radical (unpaired) electrons. The number of aliphatic hydroxyl groups is 1. The summed E-state index contributed by atoms with van der Waals surface area (Å²) in [5.74, 6) is -2.01. The zero-order valence-corrected chi connectivity index (χ0v) is 21.3. The molecule has 2 heterocycles. The molecule has 1 aromatic heterocycles. The molecule has 1 aliphatic heterocycles. The van der Waals surface area contributed by atoms with Gasteiger partial charge in [0, 0.05) is 0 Å². The van der Waals surface area contributed by atoms with Crippen molar-refractivity contribution in [3.63, 3.8) is 0 Å². The number of aliphatic hydroxyl groups excluding tert-OH is 1. The summed E-state index contributed by atoms with van der Waals surface area (Å²) in [4.78, 5) is 37.4. The average molecular weight is 547 g/mol. The van der Waals surface area contributed by atoms with E-state index in [9.17, 15) is 28.4 Å². The molecule has 12 nitrogen and oxygen atoms in total. The molecular weight excluding hydrogens is 519 g/mol. The summed E-state index contributed by atoms with van der Waals surface area (Å²) in [6.07, 6.45) is -5.32. The third-order valence-corrected chi connectivity index (χ3v) is 6.97. The smallest absolute Gasteiger partial charge is 0.459 e. The van der Waals surface area contributed by atoms with Crippen molar-refractivity contribution in [2.75, 3.05) is 6.61 Å². The van der Waals surface area contributed by atoms with Gasteiger partial charge in [-0.25, -0.2) is 13.8 Å². The molecule has 0 amide bonds. The minimum Gasteiger partial charge on any atom is -0.462 e. The Morgan fingerprint density at radius 1 is 1.30 bits per heavy atom. The Morgan fingerprint density at radius 3 is 2.57 bits per heavy atom. The van der Waals surface area contributed by atoms with Crippen LogP contribution in [0, 0.1) is 5.82 Å². The number of aromatic nitrogens is 2. The number of rotatable bonds is 10. The summed E-state index contributed by atoms with van der Waals surface area (Å²) >= 11 is 0. The molecule has 6 atom stereocenters. The second kappa shape index (κ2) is 11.2. The molecule has 3 rings (SSSR count). The van der Waals surface area contributed by atoms with Crippen molar-refractivity contribution in [1.82, 2.24) is 14.6 Å². The molecular formula is C22H28F2N3O9P. The summed E-state index contributed by atoms with van der Waals surface area (Å²) < 4.78 is 64.6. The van der Waals surface area contributed by atoms with Crippen molar-refractivity contribution in [1.29, 1.82) is 0 Å².